The molecule has 1 heterocycles. The normalized spacial score (nSPS) is 10.6. The molecule has 2 N–H and O–H groups in total. The second-order valence-electron chi connectivity index (χ2n) is 5.32. The van der Waals surface area contributed by atoms with Gasteiger partial charge in [-0.15, -0.1) is 0 Å². The zero-order chi connectivity index (χ0) is 16.2. The van der Waals surface area contributed by atoms with Crippen LogP contribution in [0.2, 0.25) is 0 Å². The SMILES string of the molecule is Nc1ccc(Cc2nccn2Cc2cccc([N+](=O)[O-])c2)cc1. The van der Waals surface area contributed by atoms with Crippen molar-refractivity contribution in [1.82, 2.24) is 9.55 Å². The average Bonchev–Trinajstić information content (AvgIpc) is 2.97. The minimum atomic E-state index is -0.382. The van der Waals surface area contributed by atoms with Crippen LogP contribution >= 0.6 is 0 Å². The van der Waals surface area contributed by atoms with E-state index >= 15 is 0 Å². The highest BCUT2D eigenvalue weighted by molar-refractivity contribution is 5.40. The Morgan fingerprint density at radius 3 is 2.65 bits per heavy atom. The van der Waals surface area contributed by atoms with Gasteiger partial charge in [-0.3, -0.25) is 10.1 Å². The number of nitrogen functional groups attached to an aromatic ring is 1. The number of hydrogen-bond acceptors (Lipinski definition) is 4. The summed E-state index contributed by atoms with van der Waals surface area (Å²) in [6.45, 7) is 0.548. The molecule has 0 amide bonds. The molecule has 0 aliphatic carbocycles. The molecule has 0 fully saturated rings. The third-order valence-corrected chi connectivity index (χ3v) is 3.62. The molecular weight excluding hydrogens is 292 g/mol. The molecule has 3 aromatic rings. The van der Waals surface area contributed by atoms with Gasteiger partial charge in [0.25, 0.3) is 5.69 Å². The first kappa shape index (κ1) is 14.8. The lowest BCUT2D eigenvalue weighted by molar-refractivity contribution is -0.384. The lowest BCUT2D eigenvalue weighted by Crippen LogP contribution is -2.05. The van der Waals surface area contributed by atoms with Crippen molar-refractivity contribution in [3.8, 4) is 0 Å². The minimum absolute atomic E-state index is 0.0997. The molecule has 6 nitrogen and oxygen atoms in total. The number of aromatic nitrogens is 2. The molecule has 0 unspecified atom stereocenters. The summed E-state index contributed by atoms with van der Waals surface area (Å²) in [6.07, 6.45) is 4.30. The van der Waals surface area contributed by atoms with Gasteiger partial charge in [0.2, 0.25) is 0 Å². The number of nitro groups is 1. The number of benzene rings is 2. The molecule has 0 aliphatic heterocycles. The number of non-ortho nitro benzene ring substituents is 1. The third kappa shape index (κ3) is 3.55. The van der Waals surface area contributed by atoms with Crippen LogP contribution in [0.5, 0.6) is 0 Å². The first-order valence-corrected chi connectivity index (χ1v) is 7.19. The van der Waals surface area contributed by atoms with Crippen LogP contribution in [-0.2, 0) is 13.0 Å². The molecule has 0 spiro atoms. The van der Waals surface area contributed by atoms with Crippen LogP contribution in [0.1, 0.15) is 17.0 Å². The maximum Gasteiger partial charge on any atom is 0.269 e. The third-order valence-electron chi connectivity index (χ3n) is 3.62. The minimum Gasteiger partial charge on any atom is -0.399 e. The molecule has 0 radical (unpaired) electrons. The van der Waals surface area contributed by atoms with Crippen molar-refractivity contribution < 1.29 is 4.92 Å². The number of nitrogens with two attached hydrogens (primary N) is 1. The van der Waals surface area contributed by atoms with E-state index in [1.54, 1.807) is 18.3 Å². The Kier molecular flexibility index (Phi) is 4.05. The van der Waals surface area contributed by atoms with E-state index < -0.39 is 0 Å². The number of nitrogens with zero attached hydrogens (tertiary/aromatic N) is 3. The highest BCUT2D eigenvalue weighted by atomic mass is 16.6. The van der Waals surface area contributed by atoms with Gasteiger partial charge in [0, 0.05) is 43.2 Å². The second-order valence-corrected chi connectivity index (χ2v) is 5.32. The van der Waals surface area contributed by atoms with Crippen LogP contribution in [0.15, 0.2) is 60.9 Å². The number of anilines is 1. The van der Waals surface area contributed by atoms with Gasteiger partial charge in [-0.1, -0.05) is 24.3 Å². The number of hydrogen-bond donors (Lipinski definition) is 1. The van der Waals surface area contributed by atoms with E-state index in [9.17, 15) is 10.1 Å². The Labute approximate surface area is 133 Å². The van der Waals surface area contributed by atoms with Crippen LogP contribution in [0.3, 0.4) is 0 Å². The maximum absolute atomic E-state index is 10.9. The first-order valence-electron chi connectivity index (χ1n) is 7.19. The maximum atomic E-state index is 10.9. The highest BCUT2D eigenvalue weighted by Crippen LogP contribution is 2.16. The molecule has 2 aromatic carbocycles. The lowest BCUT2D eigenvalue weighted by Gasteiger charge is -2.08. The molecule has 3 rings (SSSR count). The summed E-state index contributed by atoms with van der Waals surface area (Å²) >= 11 is 0. The topological polar surface area (TPSA) is 87.0 Å². The van der Waals surface area contributed by atoms with Crippen molar-refractivity contribution >= 4 is 11.4 Å². The summed E-state index contributed by atoms with van der Waals surface area (Å²) in [5.74, 6) is 0.904. The van der Waals surface area contributed by atoms with E-state index in [4.69, 9.17) is 5.73 Å². The second kappa shape index (κ2) is 6.31. The van der Waals surface area contributed by atoms with Crippen LogP contribution in [0, 0.1) is 10.1 Å². The number of imidazole rings is 1. The average molecular weight is 308 g/mol. The van der Waals surface area contributed by atoms with E-state index in [-0.39, 0.29) is 10.6 Å². The molecule has 0 saturated heterocycles. The quantitative estimate of drug-likeness (QED) is 0.446. The van der Waals surface area contributed by atoms with Crippen LogP contribution in [0.4, 0.5) is 11.4 Å². The molecule has 0 aliphatic rings. The Balaban J connectivity index is 1.79. The van der Waals surface area contributed by atoms with Crippen molar-refractivity contribution in [1.29, 1.82) is 0 Å². The summed E-state index contributed by atoms with van der Waals surface area (Å²) in [5, 5.41) is 10.9. The molecule has 23 heavy (non-hydrogen) atoms. The molecule has 0 atom stereocenters. The van der Waals surface area contributed by atoms with E-state index in [1.807, 2.05) is 41.1 Å². The molecule has 6 heteroatoms. The van der Waals surface area contributed by atoms with E-state index in [1.165, 1.54) is 6.07 Å². The Morgan fingerprint density at radius 2 is 1.91 bits per heavy atom. The largest absolute Gasteiger partial charge is 0.399 e. The molecule has 0 saturated carbocycles. The molecule has 1 aromatic heterocycles. The fourth-order valence-electron chi connectivity index (χ4n) is 2.43. The van der Waals surface area contributed by atoms with Crippen molar-refractivity contribution in [2.45, 2.75) is 13.0 Å². The van der Waals surface area contributed by atoms with Crippen molar-refractivity contribution in [2.24, 2.45) is 0 Å². The first-order chi connectivity index (χ1) is 11.1. The zero-order valence-electron chi connectivity index (χ0n) is 12.4. The van der Waals surface area contributed by atoms with Gasteiger partial charge in [0.05, 0.1) is 4.92 Å². The summed E-state index contributed by atoms with van der Waals surface area (Å²) in [5.41, 5.74) is 8.51. The molecule has 116 valence electrons. The number of nitro benzene ring substituents is 1. The van der Waals surface area contributed by atoms with Gasteiger partial charge in [0.15, 0.2) is 0 Å². The Hall–Kier alpha value is -3.15. The number of rotatable bonds is 5. The standard InChI is InChI=1S/C17H16N4O2/c18-15-6-4-13(5-7-15)11-17-19-8-9-20(17)12-14-2-1-3-16(10-14)21(22)23/h1-10H,11-12,18H2. The van der Waals surface area contributed by atoms with Gasteiger partial charge in [-0.25, -0.2) is 4.98 Å². The van der Waals surface area contributed by atoms with Gasteiger partial charge in [0.1, 0.15) is 5.82 Å². The Bertz CT molecular complexity index is 825. The summed E-state index contributed by atoms with van der Waals surface area (Å²) in [6, 6.07) is 14.3. The van der Waals surface area contributed by atoms with E-state index in [0.717, 1.165) is 22.6 Å². The zero-order valence-corrected chi connectivity index (χ0v) is 12.4. The van der Waals surface area contributed by atoms with Gasteiger partial charge >= 0.3 is 0 Å². The van der Waals surface area contributed by atoms with Gasteiger partial charge in [-0.05, 0) is 23.3 Å². The summed E-state index contributed by atoms with van der Waals surface area (Å²) < 4.78 is 2.00. The fourth-order valence-corrected chi connectivity index (χ4v) is 2.43. The summed E-state index contributed by atoms with van der Waals surface area (Å²) in [7, 11) is 0. The van der Waals surface area contributed by atoms with E-state index in [2.05, 4.69) is 4.98 Å². The van der Waals surface area contributed by atoms with Crippen molar-refractivity contribution in [3.05, 3.63) is 88.0 Å². The van der Waals surface area contributed by atoms with Gasteiger partial charge in [-0.2, -0.15) is 0 Å². The summed E-state index contributed by atoms with van der Waals surface area (Å²) in [4.78, 5) is 14.9. The highest BCUT2D eigenvalue weighted by Gasteiger charge is 2.08. The lowest BCUT2D eigenvalue weighted by atomic mass is 10.1. The van der Waals surface area contributed by atoms with Crippen LogP contribution in [0.25, 0.3) is 0 Å². The monoisotopic (exact) mass is 308 g/mol. The van der Waals surface area contributed by atoms with Crippen LogP contribution in [-0.4, -0.2) is 14.5 Å². The predicted octanol–water partition coefficient (Wildman–Crippen LogP) is 3.01. The van der Waals surface area contributed by atoms with Crippen LogP contribution < -0.4 is 5.73 Å². The molecule has 0 bridgehead atoms. The van der Waals surface area contributed by atoms with E-state index in [0.29, 0.717) is 13.0 Å². The predicted molar refractivity (Wildman–Crippen MR) is 88.1 cm³/mol. The van der Waals surface area contributed by atoms with Crippen molar-refractivity contribution in [3.63, 3.8) is 0 Å². The van der Waals surface area contributed by atoms with Crippen molar-refractivity contribution in [2.75, 3.05) is 5.73 Å². The fraction of sp³-hybridized carbons (Fsp3) is 0.118. The molecular formula is C17H16N4O2. The van der Waals surface area contributed by atoms with Gasteiger partial charge < -0.3 is 10.3 Å². The smallest absolute Gasteiger partial charge is 0.269 e. The Morgan fingerprint density at radius 1 is 1.13 bits per heavy atom.